The summed E-state index contributed by atoms with van der Waals surface area (Å²) in [6, 6.07) is 3.55. The number of esters is 1. The largest absolute Gasteiger partial charge is 0.467 e. The Morgan fingerprint density at radius 1 is 1.48 bits per heavy atom. The molecule has 0 saturated carbocycles. The molecule has 2 aromatic rings. The standard InChI is InChI=1S/C14H16N2O4S/c1-3-19-14(18)13-9(2)16-12(21-13)7-11(17)15-8-10-5-4-6-20-10/h4-6H,3,7-8H2,1-2H3,(H,15,17). The van der Waals surface area contributed by atoms with Gasteiger partial charge in [-0.2, -0.15) is 0 Å². The Morgan fingerprint density at radius 3 is 2.95 bits per heavy atom. The van der Waals surface area contributed by atoms with Crippen LogP contribution in [0.15, 0.2) is 22.8 Å². The van der Waals surface area contributed by atoms with E-state index in [9.17, 15) is 9.59 Å². The van der Waals surface area contributed by atoms with Crippen molar-refractivity contribution in [1.82, 2.24) is 10.3 Å². The molecule has 0 saturated heterocycles. The highest BCUT2D eigenvalue weighted by Gasteiger charge is 2.17. The van der Waals surface area contributed by atoms with Crippen molar-refractivity contribution in [1.29, 1.82) is 0 Å². The van der Waals surface area contributed by atoms with E-state index in [4.69, 9.17) is 9.15 Å². The summed E-state index contributed by atoms with van der Waals surface area (Å²) in [4.78, 5) is 28.2. The number of nitrogens with zero attached hydrogens (tertiary/aromatic N) is 1. The van der Waals surface area contributed by atoms with Gasteiger partial charge in [-0.05, 0) is 26.0 Å². The Labute approximate surface area is 126 Å². The van der Waals surface area contributed by atoms with Crippen LogP contribution in [0, 0.1) is 6.92 Å². The van der Waals surface area contributed by atoms with Gasteiger partial charge in [0.1, 0.15) is 15.6 Å². The molecule has 112 valence electrons. The van der Waals surface area contributed by atoms with Crippen molar-refractivity contribution < 1.29 is 18.7 Å². The van der Waals surface area contributed by atoms with Crippen molar-refractivity contribution in [2.45, 2.75) is 26.8 Å². The maximum atomic E-state index is 11.8. The smallest absolute Gasteiger partial charge is 0.350 e. The van der Waals surface area contributed by atoms with Gasteiger partial charge in [-0.25, -0.2) is 9.78 Å². The molecule has 0 fully saturated rings. The predicted octanol–water partition coefficient (Wildman–Crippen LogP) is 2.08. The number of hydrogen-bond donors (Lipinski definition) is 1. The van der Waals surface area contributed by atoms with Crippen LogP contribution in [-0.4, -0.2) is 23.5 Å². The van der Waals surface area contributed by atoms with E-state index in [1.807, 2.05) is 0 Å². The van der Waals surface area contributed by atoms with E-state index < -0.39 is 5.97 Å². The average molecular weight is 308 g/mol. The normalized spacial score (nSPS) is 10.4. The topological polar surface area (TPSA) is 81.4 Å². The molecule has 2 heterocycles. The van der Waals surface area contributed by atoms with E-state index in [2.05, 4.69) is 10.3 Å². The highest BCUT2D eigenvalue weighted by molar-refractivity contribution is 7.13. The predicted molar refractivity (Wildman–Crippen MR) is 77.1 cm³/mol. The van der Waals surface area contributed by atoms with E-state index in [0.717, 1.165) is 0 Å². The fraction of sp³-hybridized carbons (Fsp3) is 0.357. The summed E-state index contributed by atoms with van der Waals surface area (Å²) in [6.45, 7) is 4.13. The van der Waals surface area contributed by atoms with Crippen LogP contribution in [0.1, 0.15) is 33.1 Å². The summed E-state index contributed by atoms with van der Waals surface area (Å²) in [7, 11) is 0. The number of furan rings is 1. The number of rotatable bonds is 6. The first-order valence-corrected chi connectivity index (χ1v) is 7.34. The highest BCUT2D eigenvalue weighted by Crippen LogP contribution is 2.19. The number of thiazole rings is 1. The molecule has 0 aliphatic carbocycles. The molecule has 21 heavy (non-hydrogen) atoms. The summed E-state index contributed by atoms with van der Waals surface area (Å²) >= 11 is 1.19. The van der Waals surface area contributed by atoms with Gasteiger partial charge < -0.3 is 14.5 Å². The second kappa shape index (κ2) is 7.03. The quantitative estimate of drug-likeness (QED) is 0.826. The molecule has 0 radical (unpaired) electrons. The van der Waals surface area contributed by atoms with Gasteiger partial charge in [-0.15, -0.1) is 11.3 Å². The lowest BCUT2D eigenvalue weighted by molar-refractivity contribution is -0.120. The maximum Gasteiger partial charge on any atom is 0.350 e. The minimum atomic E-state index is -0.394. The van der Waals surface area contributed by atoms with Gasteiger partial charge in [-0.1, -0.05) is 0 Å². The number of aromatic nitrogens is 1. The van der Waals surface area contributed by atoms with Crippen LogP contribution in [0.25, 0.3) is 0 Å². The van der Waals surface area contributed by atoms with E-state index >= 15 is 0 Å². The average Bonchev–Trinajstić information content (AvgIpc) is 3.06. The lowest BCUT2D eigenvalue weighted by Crippen LogP contribution is -2.24. The van der Waals surface area contributed by atoms with Crippen LogP contribution in [-0.2, 0) is 22.5 Å². The molecule has 2 aromatic heterocycles. The molecule has 0 unspecified atom stereocenters. The number of amides is 1. The Bertz CT molecular complexity index is 619. The van der Waals surface area contributed by atoms with Crippen molar-refractivity contribution in [3.63, 3.8) is 0 Å². The minimum Gasteiger partial charge on any atom is -0.467 e. The van der Waals surface area contributed by atoms with Gasteiger partial charge in [0, 0.05) is 0 Å². The molecule has 0 aliphatic rings. The second-order valence-electron chi connectivity index (χ2n) is 4.28. The Morgan fingerprint density at radius 2 is 2.29 bits per heavy atom. The highest BCUT2D eigenvalue weighted by atomic mass is 32.1. The molecule has 7 heteroatoms. The molecule has 1 N–H and O–H groups in total. The molecule has 2 rings (SSSR count). The molecule has 6 nitrogen and oxygen atoms in total. The third kappa shape index (κ3) is 4.16. The fourth-order valence-electron chi connectivity index (χ4n) is 1.71. The lowest BCUT2D eigenvalue weighted by Gasteiger charge is -2.00. The van der Waals surface area contributed by atoms with Gasteiger partial charge >= 0.3 is 5.97 Å². The number of hydrogen-bond acceptors (Lipinski definition) is 6. The third-order valence-electron chi connectivity index (χ3n) is 2.65. The lowest BCUT2D eigenvalue weighted by atomic mass is 10.3. The maximum absolute atomic E-state index is 11.8. The summed E-state index contributed by atoms with van der Waals surface area (Å²) in [5.41, 5.74) is 0.590. The van der Waals surface area contributed by atoms with Crippen molar-refractivity contribution in [3.8, 4) is 0 Å². The number of nitrogens with one attached hydrogen (secondary N) is 1. The van der Waals surface area contributed by atoms with Crippen LogP contribution in [0.3, 0.4) is 0 Å². The molecule has 0 spiro atoms. The van der Waals surface area contributed by atoms with Crippen LogP contribution < -0.4 is 5.32 Å². The third-order valence-corrected chi connectivity index (χ3v) is 3.79. The summed E-state index contributed by atoms with van der Waals surface area (Å²) < 4.78 is 10.1. The van der Waals surface area contributed by atoms with Crippen LogP contribution in [0.2, 0.25) is 0 Å². The number of ether oxygens (including phenoxy) is 1. The number of carbonyl (C=O) groups is 2. The van der Waals surface area contributed by atoms with Gasteiger partial charge in [0.25, 0.3) is 0 Å². The molecule has 1 amide bonds. The number of aryl methyl sites for hydroxylation is 1. The SMILES string of the molecule is CCOC(=O)c1sc(CC(=O)NCc2ccco2)nc1C. The van der Waals surface area contributed by atoms with E-state index in [1.54, 1.807) is 32.2 Å². The molecular weight excluding hydrogens is 292 g/mol. The summed E-state index contributed by atoms with van der Waals surface area (Å²) in [5.74, 6) is 0.121. The first kappa shape index (κ1) is 15.2. The molecule has 0 bridgehead atoms. The second-order valence-corrected chi connectivity index (χ2v) is 5.36. The monoisotopic (exact) mass is 308 g/mol. The summed E-state index contributed by atoms with van der Waals surface area (Å²) in [5, 5.41) is 3.32. The number of carbonyl (C=O) groups excluding carboxylic acids is 2. The zero-order valence-corrected chi connectivity index (χ0v) is 12.7. The van der Waals surface area contributed by atoms with Crippen molar-refractivity contribution in [3.05, 3.63) is 39.7 Å². The van der Waals surface area contributed by atoms with Crippen molar-refractivity contribution in [2.75, 3.05) is 6.61 Å². The first-order valence-electron chi connectivity index (χ1n) is 6.52. The minimum absolute atomic E-state index is 0.131. The zero-order chi connectivity index (χ0) is 15.2. The van der Waals surface area contributed by atoms with Crippen LogP contribution in [0.5, 0.6) is 0 Å². The fourth-order valence-corrected chi connectivity index (χ4v) is 2.67. The Balaban J connectivity index is 1.92. The van der Waals surface area contributed by atoms with Crippen molar-refractivity contribution >= 4 is 23.2 Å². The molecular formula is C14H16N2O4S. The van der Waals surface area contributed by atoms with E-state index in [0.29, 0.717) is 34.5 Å². The van der Waals surface area contributed by atoms with E-state index in [1.165, 1.54) is 11.3 Å². The Hall–Kier alpha value is -2.15. The van der Waals surface area contributed by atoms with Gasteiger partial charge in [0.05, 0.1) is 31.5 Å². The molecule has 0 aliphatic heterocycles. The Kier molecular flexibility index (Phi) is 5.10. The molecule has 0 aromatic carbocycles. The first-order chi connectivity index (χ1) is 10.1. The summed E-state index contributed by atoms with van der Waals surface area (Å²) in [6.07, 6.45) is 1.68. The van der Waals surface area contributed by atoms with E-state index in [-0.39, 0.29) is 12.3 Å². The van der Waals surface area contributed by atoms with Crippen molar-refractivity contribution in [2.24, 2.45) is 0 Å². The van der Waals surface area contributed by atoms with Crippen LogP contribution in [0.4, 0.5) is 0 Å². The zero-order valence-electron chi connectivity index (χ0n) is 11.8. The molecule has 0 atom stereocenters. The van der Waals surface area contributed by atoms with Gasteiger partial charge in [0.2, 0.25) is 5.91 Å². The van der Waals surface area contributed by atoms with Gasteiger partial charge in [-0.3, -0.25) is 4.79 Å². The van der Waals surface area contributed by atoms with Gasteiger partial charge in [0.15, 0.2) is 0 Å². The van der Waals surface area contributed by atoms with Crippen LogP contribution >= 0.6 is 11.3 Å².